The molecule has 2 unspecified atom stereocenters. The van der Waals surface area contributed by atoms with Crippen molar-refractivity contribution in [2.24, 2.45) is 17.8 Å². The van der Waals surface area contributed by atoms with Crippen molar-refractivity contribution in [1.29, 1.82) is 0 Å². The van der Waals surface area contributed by atoms with Crippen molar-refractivity contribution >= 4 is 20.5 Å². The van der Waals surface area contributed by atoms with Gasteiger partial charge in [0.25, 0.3) is 0 Å². The molecule has 3 heteroatoms. The van der Waals surface area contributed by atoms with Gasteiger partial charge in [-0.05, 0) is 54.6 Å². The minimum absolute atomic E-state index is 0.725. The SMILES string of the molecule is CC(C)[C@@H]1CC2=C1C(CC[SH](=O)=S)CC2. The fourth-order valence-corrected chi connectivity index (χ4v) is 3.96. The van der Waals surface area contributed by atoms with Crippen molar-refractivity contribution < 1.29 is 4.21 Å². The Morgan fingerprint density at radius 3 is 2.87 bits per heavy atom. The van der Waals surface area contributed by atoms with Crippen LogP contribution >= 0.6 is 0 Å². The van der Waals surface area contributed by atoms with E-state index in [0.717, 1.165) is 29.9 Å². The van der Waals surface area contributed by atoms with Crippen LogP contribution in [0.5, 0.6) is 0 Å². The van der Waals surface area contributed by atoms with E-state index in [1.165, 1.54) is 19.3 Å². The quantitative estimate of drug-likeness (QED) is 0.605. The topological polar surface area (TPSA) is 17.1 Å². The molecule has 0 spiro atoms. The van der Waals surface area contributed by atoms with Crippen LogP contribution in [0.3, 0.4) is 0 Å². The lowest BCUT2D eigenvalue weighted by molar-refractivity contribution is 0.364. The first kappa shape index (κ1) is 11.6. The highest BCUT2D eigenvalue weighted by atomic mass is 32.8. The molecule has 0 aromatic rings. The molecule has 0 aromatic carbocycles. The highest BCUT2D eigenvalue weighted by Crippen LogP contribution is 2.52. The van der Waals surface area contributed by atoms with Gasteiger partial charge in [0.1, 0.15) is 0 Å². The molecule has 86 valence electrons. The molecule has 2 aliphatic carbocycles. The summed E-state index contributed by atoms with van der Waals surface area (Å²) in [6.07, 6.45) is 5.01. The normalized spacial score (nSPS) is 31.7. The molecule has 0 radical (unpaired) electrons. The zero-order chi connectivity index (χ0) is 11.0. The zero-order valence-corrected chi connectivity index (χ0v) is 11.2. The second-order valence-corrected chi connectivity index (χ2v) is 7.53. The largest absolute Gasteiger partial charge is 0.260 e. The third kappa shape index (κ3) is 2.28. The fourth-order valence-electron chi connectivity index (χ4n) is 3.12. The third-order valence-corrected chi connectivity index (χ3v) is 5.14. The van der Waals surface area contributed by atoms with Crippen LogP contribution in [0.1, 0.15) is 39.5 Å². The van der Waals surface area contributed by atoms with E-state index in [-0.39, 0.29) is 0 Å². The molecule has 0 N–H and O–H groups in total. The maximum absolute atomic E-state index is 11.0. The van der Waals surface area contributed by atoms with Crippen LogP contribution in [0.2, 0.25) is 0 Å². The van der Waals surface area contributed by atoms with E-state index < -0.39 is 9.36 Å². The van der Waals surface area contributed by atoms with Crippen LogP contribution < -0.4 is 0 Å². The van der Waals surface area contributed by atoms with E-state index in [2.05, 4.69) is 13.8 Å². The van der Waals surface area contributed by atoms with Gasteiger partial charge < -0.3 is 0 Å². The predicted molar refractivity (Wildman–Crippen MR) is 69.1 cm³/mol. The Kier molecular flexibility index (Phi) is 3.51. The van der Waals surface area contributed by atoms with Crippen molar-refractivity contribution in [1.82, 2.24) is 0 Å². The lowest BCUT2D eigenvalue weighted by Gasteiger charge is -2.36. The Hall–Kier alpha value is 0.110. The van der Waals surface area contributed by atoms with Gasteiger partial charge in [-0.25, -0.2) is 0 Å². The summed E-state index contributed by atoms with van der Waals surface area (Å²) >= 11 is 4.77. The second kappa shape index (κ2) is 4.54. The Morgan fingerprint density at radius 2 is 2.27 bits per heavy atom. The molecular formula is C12H20OS2. The second-order valence-electron chi connectivity index (χ2n) is 5.19. The molecule has 0 bridgehead atoms. The first-order valence-electron chi connectivity index (χ1n) is 5.93. The maximum atomic E-state index is 11.0. The molecule has 0 saturated carbocycles. The Morgan fingerprint density at radius 1 is 1.53 bits per heavy atom. The summed E-state index contributed by atoms with van der Waals surface area (Å²) in [4.78, 5) is 0. The Bertz CT molecular complexity index is 345. The number of allylic oxidation sites excluding steroid dienone is 2. The van der Waals surface area contributed by atoms with Crippen LogP contribution in [0.25, 0.3) is 0 Å². The lowest BCUT2D eigenvalue weighted by Crippen LogP contribution is -2.24. The molecule has 0 heterocycles. The van der Waals surface area contributed by atoms with Crippen molar-refractivity contribution in [3.8, 4) is 0 Å². The van der Waals surface area contributed by atoms with Gasteiger partial charge in [-0.1, -0.05) is 25.0 Å². The molecule has 0 aliphatic heterocycles. The first-order valence-corrected chi connectivity index (χ1v) is 8.39. The lowest BCUT2D eigenvalue weighted by atomic mass is 9.70. The molecular weight excluding hydrogens is 224 g/mol. The average Bonchev–Trinajstić information content (AvgIpc) is 2.38. The van der Waals surface area contributed by atoms with Gasteiger partial charge in [-0.2, -0.15) is 0 Å². The van der Waals surface area contributed by atoms with Crippen molar-refractivity contribution in [3.05, 3.63) is 11.1 Å². The summed E-state index contributed by atoms with van der Waals surface area (Å²) < 4.78 is 11.0. The molecule has 0 fully saturated rings. The van der Waals surface area contributed by atoms with Crippen molar-refractivity contribution in [3.63, 3.8) is 0 Å². The maximum Gasteiger partial charge on any atom is 0.0238 e. The summed E-state index contributed by atoms with van der Waals surface area (Å²) in [7, 11) is -1.34. The summed E-state index contributed by atoms with van der Waals surface area (Å²) in [5.41, 5.74) is 3.45. The number of rotatable bonds is 4. The van der Waals surface area contributed by atoms with Gasteiger partial charge in [0.15, 0.2) is 0 Å². The Balaban J connectivity index is 1.98. The summed E-state index contributed by atoms with van der Waals surface area (Å²) in [5, 5.41) is 0. The van der Waals surface area contributed by atoms with E-state index in [1.54, 1.807) is 11.1 Å². The van der Waals surface area contributed by atoms with Gasteiger partial charge >= 0.3 is 0 Å². The third-order valence-electron chi connectivity index (χ3n) is 3.97. The molecule has 2 aliphatic rings. The first-order chi connectivity index (χ1) is 7.09. The van der Waals surface area contributed by atoms with Gasteiger partial charge in [0, 0.05) is 15.1 Å². The standard InChI is InChI=1S/C12H20OS2/c1-8(2)11-7-10-4-3-9(12(10)11)5-6-15(13)14/h8-9,11,15H,3-7H2,1-2H3/t9?,11-/m0/s1. The van der Waals surface area contributed by atoms with Crippen LogP contribution in [0, 0.1) is 17.8 Å². The molecule has 0 amide bonds. The molecule has 15 heavy (non-hydrogen) atoms. The van der Waals surface area contributed by atoms with Crippen LogP contribution in [0.4, 0.5) is 0 Å². The zero-order valence-electron chi connectivity index (χ0n) is 9.53. The van der Waals surface area contributed by atoms with Crippen LogP contribution in [0.15, 0.2) is 11.1 Å². The van der Waals surface area contributed by atoms with Crippen molar-refractivity contribution in [2.45, 2.75) is 39.5 Å². The summed E-state index contributed by atoms with van der Waals surface area (Å²) in [6.45, 7) is 4.63. The van der Waals surface area contributed by atoms with E-state index in [0.29, 0.717) is 0 Å². The number of hydrogen-bond acceptors (Lipinski definition) is 2. The molecule has 0 saturated heterocycles. The average molecular weight is 244 g/mol. The highest BCUT2D eigenvalue weighted by Gasteiger charge is 2.39. The fraction of sp³-hybridized carbons (Fsp3) is 0.833. The number of thiol groups is 1. The van der Waals surface area contributed by atoms with E-state index in [9.17, 15) is 4.21 Å². The van der Waals surface area contributed by atoms with Gasteiger partial charge in [0.05, 0.1) is 0 Å². The smallest absolute Gasteiger partial charge is 0.0238 e. The minimum Gasteiger partial charge on any atom is -0.260 e. The van der Waals surface area contributed by atoms with Crippen LogP contribution in [-0.4, -0.2) is 9.96 Å². The molecule has 0 aromatic heterocycles. The monoisotopic (exact) mass is 244 g/mol. The van der Waals surface area contributed by atoms with Gasteiger partial charge in [0.2, 0.25) is 0 Å². The van der Waals surface area contributed by atoms with Crippen molar-refractivity contribution in [2.75, 3.05) is 5.75 Å². The highest BCUT2D eigenvalue weighted by molar-refractivity contribution is 8.21. The molecule has 3 atom stereocenters. The predicted octanol–water partition coefficient (Wildman–Crippen LogP) is 2.70. The number of hydrogen-bond donors (Lipinski definition) is 1. The minimum atomic E-state index is -1.34. The van der Waals surface area contributed by atoms with Crippen LogP contribution in [-0.2, 0) is 20.5 Å². The molecule has 2 rings (SSSR count). The summed E-state index contributed by atoms with van der Waals surface area (Å²) in [5.74, 6) is 3.08. The molecule has 1 nitrogen and oxygen atoms in total. The van der Waals surface area contributed by atoms with Gasteiger partial charge in [-0.3, -0.25) is 4.21 Å². The van der Waals surface area contributed by atoms with E-state index in [4.69, 9.17) is 11.2 Å². The Labute approximate surface area is 99.0 Å². The van der Waals surface area contributed by atoms with Gasteiger partial charge in [-0.15, -0.1) is 0 Å². The van der Waals surface area contributed by atoms with E-state index in [1.807, 2.05) is 0 Å². The van der Waals surface area contributed by atoms with E-state index >= 15 is 0 Å². The summed E-state index contributed by atoms with van der Waals surface area (Å²) in [6, 6.07) is 0.